The Balaban J connectivity index is 2.85. The normalized spacial score (nSPS) is 10.3. The summed E-state index contributed by atoms with van der Waals surface area (Å²) in [6.45, 7) is 5.63. The van der Waals surface area contributed by atoms with Gasteiger partial charge < -0.3 is 10.6 Å². The maximum Gasteiger partial charge on any atom is 0.251 e. The van der Waals surface area contributed by atoms with Crippen LogP contribution >= 0.6 is 11.6 Å². The van der Waals surface area contributed by atoms with Gasteiger partial charge in [0.15, 0.2) is 0 Å². The zero-order valence-electron chi connectivity index (χ0n) is 10.7. The largest absolute Gasteiger partial charge is 0.350 e. The number of alkyl halides is 1. The van der Waals surface area contributed by atoms with Crippen LogP contribution in [0, 0.1) is 6.92 Å². The molecule has 0 aliphatic heterocycles. The van der Waals surface area contributed by atoms with Gasteiger partial charge in [0.2, 0.25) is 5.91 Å². The molecule has 0 saturated heterocycles. The second-order valence-electron chi connectivity index (χ2n) is 4.34. The van der Waals surface area contributed by atoms with Gasteiger partial charge in [-0.25, -0.2) is 0 Å². The number of amides is 2. The Morgan fingerprint density at radius 3 is 2.50 bits per heavy atom. The van der Waals surface area contributed by atoms with Crippen molar-refractivity contribution in [2.24, 2.45) is 0 Å². The van der Waals surface area contributed by atoms with Crippen molar-refractivity contribution in [2.45, 2.75) is 26.8 Å². The van der Waals surface area contributed by atoms with Crippen molar-refractivity contribution >= 4 is 29.1 Å². The molecule has 1 rings (SSSR count). The Hall–Kier alpha value is -1.55. The fraction of sp³-hybridized carbons (Fsp3) is 0.385. The Labute approximate surface area is 112 Å². The number of benzene rings is 1. The number of carbonyl (C=O) groups is 2. The highest BCUT2D eigenvalue weighted by Gasteiger charge is 2.09. The molecule has 0 atom stereocenters. The molecule has 98 valence electrons. The molecule has 0 aliphatic carbocycles. The zero-order valence-corrected chi connectivity index (χ0v) is 11.5. The number of hydrogen-bond donors (Lipinski definition) is 2. The molecule has 1 aromatic rings. The highest BCUT2D eigenvalue weighted by molar-refractivity contribution is 6.29. The summed E-state index contributed by atoms with van der Waals surface area (Å²) in [5.41, 5.74) is 2.07. The van der Waals surface area contributed by atoms with E-state index >= 15 is 0 Å². The smallest absolute Gasteiger partial charge is 0.251 e. The van der Waals surface area contributed by atoms with Gasteiger partial charge in [0.1, 0.15) is 5.88 Å². The van der Waals surface area contributed by atoms with Crippen LogP contribution in [0.2, 0.25) is 0 Å². The average molecular weight is 269 g/mol. The fourth-order valence-electron chi connectivity index (χ4n) is 1.47. The lowest BCUT2D eigenvalue weighted by molar-refractivity contribution is -0.113. The third kappa shape index (κ3) is 4.04. The topological polar surface area (TPSA) is 58.2 Å². The highest BCUT2D eigenvalue weighted by atomic mass is 35.5. The third-order valence-electron chi connectivity index (χ3n) is 2.30. The van der Waals surface area contributed by atoms with E-state index in [2.05, 4.69) is 10.6 Å². The predicted molar refractivity (Wildman–Crippen MR) is 73.1 cm³/mol. The molecular formula is C13H17ClN2O2. The summed E-state index contributed by atoms with van der Waals surface area (Å²) < 4.78 is 0. The van der Waals surface area contributed by atoms with Crippen LogP contribution in [0.15, 0.2) is 18.2 Å². The van der Waals surface area contributed by atoms with Gasteiger partial charge in [-0.15, -0.1) is 11.6 Å². The molecule has 2 N–H and O–H groups in total. The van der Waals surface area contributed by atoms with E-state index in [9.17, 15) is 9.59 Å². The van der Waals surface area contributed by atoms with Gasteiger partial charge in [-0.05, 0) is 44.5 Å². The van der Waals surface area contributed by atoms with Crippen molar-refractivity contribution < 1.29 is 9.59 Å². The summed E-state index contributed by atoms with van der Waals surface area (Å²) in [5.74, 6) is -0.475. The summed E-state index contributed by atoms with van der Waals surface area (Å²) in [6.07, 6.45) is 0. The molecule has 0 aliphatic rings. The van der Waals surface area contributed by atoms with Crippen LogP contribution in [0.5, 0.6) is 0 Å². The summed E-state index contributed by atoms with van der Waals surface area (Å²) in [6, 6.07) is 5.21. The van der Waals surface area contributed by atoms with E-state index in [1.54, 1.807) is 18.2 Å². The Morgan fingerprint density at radius 1 is 1.33 bits per heavy atom. The number of nitrogens with one attached hydrogen (secondary N) is 2. The number of halogens is 1. The Morgan fingerprint density at radius 2 is 2.00 bits per heavy atom. The lowest BCUT2D eigenvalue weighted by atomic mass is 10.1. The molecule has 2 amide bonds. The summed E-state index contributed by atoms with van der Waals surface area (Å²) in [4.78, 5) is 23.0. The van der Waals surface area contributed by atoms with Gasteiger partial charge in [-0.2, -0.15) is 0 Å². The van der Waals surface area contributed by atoms with E-state index in [0.29, 0.717) is 11.3 Å². The first-order valence-corrected chi connectivity index (χ1v) is 6.24. The molecule has 0 radical (unpaired) electrons. The van der Waals surface area contributed by atoms with Crippen molar-refractivity contribution in [2.75, 3.05) is 11.2 Å². The molecule has 0 unspecified atom stereocenters. The Bertz CT molecular complexity index is 458. The van der Waals surface area contributed by atoms with E-state index in [4.69, 9.17) is 11.6 Å². The van der Waals surface area contributed by atoms with Crippen LogP contribution < -0.4 is 10.6 Å². The molecule has 18 heavy (non-hydrogen) atoms. The van der Waals surface area contributed by atoms with Crippen LogP contribution in [-0.4, -0.2) is 23.7 Å². The standard InChI is InChI=1S/C13H17ClN2O2/c1-8(2)15-13(18)10-4-5-11(9(3)6-10)16-12(17)7-14/h4-6,8H,7H2,1-3H3,(H,15,18)(H,16,17). The maximum atomic E-state index is 11.8. The molecule has 4 nitrogen and oxygen atoms in total. The molecule has 0 spiro atoms. The first-order valence-electron chi connectivity index (χ1n) is 5.71. The van der Waals surface area contributed by atoms with Crippen molar-refractivity contribution in [1.29, 1.82) is 0 Å². The van der Waals surface area contributed by atoms with E-state index < -0.39 is 0 Å². The monoisotopic (exact) mass is 268 g/mol. The van der Waals surface area contributed by atoms with Crippen LogP contribution in [0.4, 0.5) is 5.69 Å². The quantitative estimate of drug-likeness (QED) is 0.824. The molecule has 0 fully saturated rings. The lowest BCUT2D eigenvalue weighted by Crippen LogP contribution is -2.30. The number of carbonyl (C=O) groups excluding carboxylic acids is 2. The average Bonchev–Trinajstić information content (AvgIpc) is 2.30. The number of rotatable bonds is 4. The van der Waals surface area contributed by atoms with Crippen LogP contribution in [0.3, 0.4) is 0 Å². The van der Waals surface area contributed by atoms with E-state index in [-0.39, 0.29) is 23.7 Å². The summed E-state index contributed by atoms with van der Waals surface area (Å²) in [7, 11) is 0. The van der Waals surface area contributed by atoms with Crippen molar-refractivity contribution in [3.63, 3.8) is 0 Å². The van der Waals surface area contributed by atoms with E-state index in [1.807, 2.05) is 20.8 Å². The minimum absolute atomic E-state index is 0.0883. The van der Waals surface area contributed by atoms with Gasteiger partial charge >= 0.3 is 0 Å². The zero-order chi connectivity index (χ0) is 13.7. The van der Waals surface area contributed by atoms with Crippen molar-refractivity contribution in [3.05, 3.63) is 29.3 Å². The molecule has 5 heteroatoms. The second kappa shape index (κ2) is 6.40. The fourth-order valence-corrected chi connectivity index (χ4v) is 1.54. The van der Waals surface area contributed by atoms with E-state index in [1.165, 1.54) is 0 Å². The molecule has 0 saturated carbocycles. The van der Waals surface area contributed by atoms with Crippen LogP contribution in [0.1, 0.15) is 29.8 Å². The molecule has 0 bridgehead atoms. The van der Waals surface area contributed by atoms with Gasteiger partial charge in [0.25, 0.3) is 5.91 Å². The highest BCUT2D eigenvalue weighted by Crippen LogP contribution is 2.16. The summed E-state index contributed by atoms with van der Waals surface area (Å²) in [5, 5.41) is 5.47. The Kier molecular flexibility index (Phi) is 5.16. The van der Waals surface area contributed by atoms with Gasteiger partial charge in [-0.3, -0.25) is 9.59 Å². The maximum absolute atomic E-state index is 11.8. The second-order valence-corrected chi connectivity index (χ2v) is 4.61. The van der Waals surface area contributed by atoms with E-state index in [0.717, 1.165) is 5.56 Å². The molecule has 0 aromatic heterocycles. The van der Waals surface area contributed by atoms with Crippen LogP contribution in [0.25, 0.3) is 0 Å². The predicted octanol–water partition coefficient (Wildman–Crippen LogP) is 2.31. The first-order chi connectivity index (χ1) is 8.43. The van der Waals surface area contributed by atoms with Gasteiger partial charge in [-0.1, -0.05) is 0 Å². The lowest BCUT2D eigenvalue weighted by Gasteiger charge is -2.11. The third-order valence-corrected chi connectivity index (χ3v) is 2.55. The van der Waals surface area contributed by atoms with Crippen molar-refractivity contribution in [3.8, 4) is 0 Å². The van der Waals surface area contributed by atoms with Gasteiger partial charge in [0.05, 0.1) is 0 Å². The first kappa shape index (κ1) is 14.5. The number of hydrogen-bond acceptors (Lipinski definition) is 2. The molecule has 1 aromatic carbocycles. The number of anilines is 1. The molecule has 0 heterocycles. The minimum atomic E-state index is -0.265. The van der Waals surface area contributed by atoms with Crippen molar-refractivity contribution in [1.82, 2.24) is 5.32 Å². The van der Waals surface area contributed by atoms with Crippen LogP contribution in [-0.2, 0) is 4.79 Å². The molecular weight excluding hydrogens is 252 g/mol. The summed E-state index contributed by atoms with van der Waals surface area (Å²) >= 11 is 5.42. The number of aryl methyl sites for hydroxylation is 1. The minimum Gasteiger partial charge on any atom is -0.350 e. The SMILES string of the molecule is Cc1cc(C(=O)NC(C)C)ccc1NC(=O)CCl. The van der Waals surface area contributed by atoms with Gasteiger partial charge in [0, 0.05) is 17.3 Å².